The standard InChI is InChI=1S/C16H16N4S/c21-13-18-14-1-3-15(4-2-14)19-9-11-20(12-10-19)16-5-7-17-8-6-16/h1-8H,9-12H2. The highest BCUT2D eigenvalue weighted by Gasteiger charge is 2.17. The predicted octanol–water partition coefficient (Wildman–Crippen LogP) is 3.14. The van der Waals surface area contributed by atoms with Crippen LogP contribution in [0.4, 0.5) is 17.1 Å². The van der Waals surface area contributed by atoms with Gasteiger partial charge in [0.15, 0.2) is 0 Å². The largest absolute Gasteiger partial charge is 0.368 e. The topological polar surface area (TPSA) is 31.7 Å². The summed E-state index contributed by atoms with van der Waals surface area (Å²) in [5.41, 5.74) is 3.33. The van der Waals surface area contributed by atoms with Crippen molar-refractivity contribution in [2.45, 2.75) is 0 Å². The van der Waals surface area contributed by atoms with Crippen LogP contribution < -0.4 is 9.80 Å². The summed E-state index contributed by atoms with van der Waals surface area (Å²) in [7, 11) is 0. The van der Waals surface area contributed by atoms with Crippen LogP contribution in [0.2, 0.25) is 0 Å². The highest BCUT2D eigenvalue weighted by atomic mass is 32.1. The van der Waals surface area contributed by atoms with E-state index in [1.165, 1.54) is 11.4 Å². The summed E-state index contributed by atoms with van der Waals surface area (Å²) in [6, 6.07) is 12.3. The Morgan fingerprint density at radius 3 is 1.90 bits per heavy atom. The van der Waals surface area contributed by atoms with Crippen LogP contribution in [0.25, 0.3) is 0 Å². The van der Waals surface area contributed by atoms with Crippen LogP contribution in [-0.4, -0.2) is 36.3 Å². The Hall–Kier alpha value is -2.23. The van der Waals surface area contributed by atoms with Gasteiger partial charge >= 0.3 is 0 Å². The molecule has 1 aromatic heterocycles. The van der Waals surface area contributed by atoms with Gasteiger partial charge in [-0.1, -0.05) is 0 Å². The lowest BCUT2D eigenvalue weighted by atomic mass is 10.2. The zero-order chi connectivity index (χ0) is 14.5. The van der Waals surface area contributed by atoms with Gasteiger partial charge in [0, 0.05) is 49.9 Å². The summed E-state index contributed by atoms with van der Waals surface area (Å²) >= 11 is 4.61. The van der Waals surface area contributed by atoms with Gasteiger partial charge in [0.05, 0.1) is 10.8 Å². The van der Waals surface area contributed by atoms with E-state index < -0.39 is 0 Å². The molecule has 1 aromatic carbocycles. The summed E-state index contributed by atoms with van der Waals surface area (Å²) < 4.78 is 0. The Morgan fingerprint density at radius 2 is 1.38 bits per heavy atom. The molecule has 0 aliphatic carbocycles. The molecule has 1 fully saturated rings. The number of pyridine rings is 1. The van der Waals surface area contributed by atoms with Gasteiger partial charge in [-0.15, -0.1) is 0 Å². The van der Waals surface area contributed by atoms with Gasteiger partial charge < -0.3 is 9.80 Å². The van der Waals surface area contributed by atoms with Crippen molar-refractivity contribution < 1.29 is 0 Å². The molecule has 0 radical (unpaired) electrons. The number of isothiocyanates is 1. The summed E-state index contributed by atoms with van der Waals surface area (Å²) in [5, 5.41) is 2.39. The molecule has 2 aromatic rings. The minimum absolute atomic E-state index is 0.851. The van der Waals surface area contributed by atoms with Crippen molar-refractivity contribution in [2.75, 3.05) is 36.0 Å². The first-order valence-electron chi connectivity index (χ1n) is 6.95. The third-order valence-corrected chi connectivity index (χ3v) is 3.79. The normalized spacial score (nSPS) is 14.7. The number of aromatic nitrogens is 1. The van der Waals surface area contributed by atoms with Crippen LogP contribution in [0.15, 0.2) is 53.8 Å². The van der Waals surface area contributed by atoms with E-state index in [1.54, 1.807) is 0 Å². The number of aliphatic imine (C=N–C) groups is 1. The van der Waals surface area contributed by atoms with Crippen LogP contribution in [0.5, 0.6) is 0 Å². The average Bonchev–Trinajstić information content (AvgIpc) is 2.57. The number of hydrogen-bond donors (Lipinski definition) is 0. The van der Waals surface area contributed by atoms with Crippen molar-refractivity contribution in [1.29, 1.82) is 0 Å². The van der Waals surface area contributed by atoms with Crippen molar-refractivity contribution in [3.8, 4) is 0 Å². The van der Waals surface area contributed by atoms with Crippen molar-refractivity contribution >= 4 is 34.4 Å². The Kier molecular flexibility index (Phi) is 4.24. The van der Waals surface area contributed by atoms with E-state index in [9.17, 15) is 0 Å². The molecule has 0 atom stereocenters. The number of nitrogens with zero attached hydrogens (tertiary/aromatic N) is 4. The van der Waals surface area contributed by atoms with Crippen molar-refractivity contribution in [3.05, 3.63) is 48.8 Å². The summed E-state index contributed by atoms with van der Waals surface area (Å²) in [6.07, 6.45) is 3.69. The van der Waals surface area contributed by atoms with Gasteiger partial charge in [0.25, 0.3) is 0 Å². The number of anilines is 2. The number of thiocarbonyl (C=S) groups is 1. The smallest absolute Gasteiger partial charge is 0.0741 e. The van der Waals surface area contributed by atoms with Gasteiger partial charge in [0.1, 0.15) is 0 Å². The van der Waals surface area contributed by atoms with E-state index >= 15 is 0 Å². The summed E-state index contributed by atoms with van der Waals surface area (Å²) in [6.45, 7) is 4.06. The average molecular weight is 296 g/mol. The molecule has 5 heteroatoms. The highest BCUT2D eigenvalue weighted by Crippen LogP contribution is 2.22. The van der Waals surface area contributed by atoms with E-state index in [1.807, 2.05) is 24.5 Å². The molecule has 2 heterocycles. The number of piperazine rings is 1. The molecule has 0 N–H and O–H groups in total. The molecule has 0 unspecified atom stereocenters. The zero-order valence-corrected chi connectivity index (χ0v) is 12.5. The van der Waals surface area contributed by atoms with Gasteiger partial charge in [-0.25, -0.2) is 0 Å². The van der Waals surface area contributed by atoms with Gasteiger partial charge in [-0.2, -0.15) is 4.99 Å². The molecule has 106 valence electrons. The van der Waals surface area contributed by atoms with E-state index in [4.69, 9.17) is 0 Å². The first-order chi connectivity index (χ1) is 10.4. The second kappa shape index (κ2) is 6.48. The van der Waals surface area contributed by atoms with E-state index in [-0.39, 0.29) is 0 Å². The molecule has 4 nitrogen and oxygen atoms in total. The van der Waals surface area contributed by atoms with Crippen molar-refractivity contribution in [2.24, 2.45) is 4.99 Å². The summed E-state index contributed by atoms with van der Waals surface area (Å²) in [5.74, 6) is 0. The second-order valence-corrected chi connectivity index (χ2v) is 5.08. The fourth-order valence-electron chi connectivity index (χ4n) is 2.57. The maximum absolute atomic E-state index is 4.61. The number of rotatable bonds is 3. The molecule has 3 rings (SSSR count). The van der Waals surface area contributed by atoms with Crippen LogP contribution >= 0.6 is 12.2 Å². The molecule has 0 spiro atoms. The SMILES string of the molecule is S=C=Nc1ccc(N2CCN(c3ccncc3)CC2)cc1. The third-order valence-electron chi connectivity index (χ3n) is 3.70. The quantitative estimate of drug-likeness (QED) is 0.643. The van der Waals surface area contributed by atoms with E-state index in [0.29, 0.717) is 0 Å². The molecule has 1 aliphatic heterocycles. The van der Waals surface area contributed by atoms with Gasteiger partial charge in [-0.05, 0) is 48.6 Å². The first-order valence-corrected chi connectivity index (χ1v) is 7.35. The zero-order valence-electron chi connectivity index (χ0n) is 11.6. The lowest BCUT2D eigenvalue weighted by Crippen LogP contribution is -2.46. The van der Waals surface area contributed by atoms with Crippen molar-refractivity contribution in [3.63, 3.8) is 0 Å². The number of benzene rings is 1. The predicted molar refractivity (Wildman–Crippen MR) is 89.8 cm³/mol. The molecule has 21 heavy (non-hydrogen) atoms. The van der Waals surface area contributed by atoms with E-state index in [2.05, 4.69) is 61.4 Å². The lowest BCUT2D eigenvalue weighted by molar-refractivity contribution is 0.653. The molecule has 1 aliphatic rings. The molecule has 0 saturated carbocycles. The van der Waals surface area contributed by atoms with Gasteiger partial charge in [0.2, 0.25) is 0 Å². The molecular weight excluding hydrogens is 280 g/mol. The Labute approximate surface area is 129 Å². The Bertz CT molecular complexity index is 627. The minimum atomic E-state index is 0.851. The Balaban J connectivity index is 1.64. The fraction of sp³-hybridized carbons (Fsp3) is 0.250. The number of hydrogen-bond acceptors (Lipinski definition) is 5. The third kappa shape index (κ3) is 3.27. The minimum Gasteiger partial charge on any atom is -0.368 e. The van der Waals surface area contributed by atoms with Gasteiger partial charge in [-0.3, -0.25) is 4.98 Å². The Morgan fingerprint density at radius 1 is 0.857 bits per heavy atom. The first kappa shape index (κ1) is 13.7. The second-order valence-electron chi connectivity index (χ2n) is 4.90. The molecule has 1 saturated heterocycles. The highest BCUT2D eigenvalue weighted by molar-refractivity contribution is 7.78. The van der Waals surface area contributed by atoms with E-state index in [0.717, 1.165) is 31.9 Å². The molecule has 0 amide bonds. The van der Waals surface area contributed by atoms with Crippen LogP contribution in [0.3, 0.4) is 0 Å². The lowest BCUT2D eigenvalue weighted by Gasteiger charge is -2.37. The molecular formula is C16H16N4S. The maximum atomic E-state index is 4.61. The van der Waals surface area contributed by atoms with Crippen LogP contribution in [-0.2, 0) is 0 Å². The van der Waals surface area contributed by atoms with Crippen molar-refractivity contribution in [1.82, 2.24) is 4.98 Å². The van der Waals surface area contributed by atoms with Crippen LogP contribution in [0, 0.1) is 0 Å². The molecule has 0 bridgehead atoms. The maximum Gasteiger partial charge on any atom is 0.0741 e. The van der Waals surface area contributed by atoms with Crippen LogP contribution in [0.1, 0.15) is 0 Å². The fourth-order valence-corrected chi connectivity index (χ4v) is 2.67. The monoisotopic (exact) mass is 296 g/mol. The summed E-state index contributed by atoms with van der Waals surface area (Å²) in [4.78, 5) is 12.8.